The standard InChI is InChI=1S/C26H26FN5O3S2.ClH/c27-19-10-11-23-24(18-19)36-26(29-23)32-16-14-31(15-17-32)13-12-28-25(33)21-8-4-5-9-22(21)30-37(34,35)20-6-2-1-3-7-20;/h1-11,18,30H,12-17H2,(H,28,33);1H. The summed E-state index contributed by atoms with van der Waals surface area (Å²) in [6.45, 7) is 4.31. The lowest BCUT2D eigenvalue weighted by molar-refractivity contribution is 0.0948. The molecule has 2 N–H and O–H groups in total. The molecule has 1 aliphatic rings. The quantitative estimate of drug-likeness (QED) is 0.327. The minimum absolute atomic E-state index is 0. The van der Waals surface area contributed by atoms with Crippen LogP contribution in [0.15, 0.2) is 77.7 Å². The maximum absolute atomic E-state index is 13.5. The van der Waals surface area contributed by atoms with Gasteiger partial charge in [-0.15, -0.1) is 12.4 Å². The van der Waals surface area contributed by atoms with E-state index in [0.717, 1.165) is 41.5 Å². The number of anilines is 2. The van der Waals surface area contributed by atoms with Gasteiger partial charge in [0.15, 0.2) is 5.13 Å². The fourth-order valence-corrected chi connectivity index (χ4v) is 6.32. The molecule has 0 unspecified atom stereocenters. The number of rotatable bonds is 8. The van der Waals surface area contributed by atoms with Crippen molar-refractivity contribution in [2.45, 2.75) is 4.90 Å². The molecule has 1 aliphatic heterocycles. The zero-order valence-corrected chi connectivity index (χ0v) is 22.8. The van der Waals surface area contributed by atoms with Gasteiger partial charge < -0.3 is 10.2 Å². The Morgan fingerprint density at radius 2 is 1.68 bits per heavy atom. The van der Waals surface area contributed by atoms with E-state index >= 15 is 0 Å². The number of nitrogens with one attached hydrogen (secondary N) is 2. The number of fused-ring (bicyclic) bond motifs is 1. The number of carbonyl (C=O) groups excluding carboxylic acids is 1. The number of benzene rings is 3. The summed E-state index contributed by atoms with van der Waals surface area (Å²) in [4.78, 5) is 22.1. The predicted octanol–water partition coefficient (Wildman–Crippen LogP) is 4.21. The van der Waals surface area contributed by atoms with Crippen LogP contribution in [0.4, 0.5) is 15.2 Å². The monoisotopic (exact) mass is 575 g/mol. The molecule has 12 heteroatoms. The summed E-state index contributed by atoms with van der Waals surface area (Å²) < 4.78 is 42.3. The minimum Gasteiger partial charge on any atom is -0.351 e. The fourth-order valence-electron chi connectivity index (χ4n) is 4.18. The average Bonchev–Trinajstić information content (AvgIpc) is 3.33. The van der Waals surface area contributed by atoms with E-state index < -0.39 is 10.0 Å². The predicted molar refractivity (Wildman–Crippen MR) is 152 cm³/mol. The first-order valence-electron chi connectivity index (χ1n) is 11.9. The van der Waals surface area contributed by atoms with Crippen LogP contribution in [0.25, 0.3) is 10.2 Å². The molecule has 0 saturated carbocycles. The van der Waals surface area contributed by atoms with Crippen molar-refractivity contribution < 1.29 is 17.6 Å². The van der Waals surface area contributed by atoms with Crippen LogP contribution in [-0.2, 0) is 10.0 Å². The summed E-state index contributed by atoms with van der Waals surface area (Å²) in [5.41, 5.74) is 1.30. The van der Waals surface area contributed by atoms with Gasteiger partial charge in [-0.25, -0.2) is 17.8 Å². The number of sulfonamides is 1. The highest BCUT2D eigenvalue weighted by molar-refractivity contribution is 7.92. The summed E-state index contributed by atoms with van der Waals surface area (Å²) in [5.74, 6) is -0.600. The third kappa shape index (κ3) is 6.41. The van der Waals surface area contributed by atoms with E-state index in [2.05, 4.69) is 24.8 Å². The van der Waals surface area contributed by atoms with Gasteiger partial charge in [0.25, 0.3) is 15.9 Å². The zero-order valence-electron chi connectivity index (χ0n) is 20.3. The number of halogens is 2. The molecule has 1 aromatic heterocycles. The van der Waals surface area contributed by atoms with E-state index in [9.17, 15) is 17.6 Å². The number of nitrogens with zero attached hydrogens (tertiary/aromatic N) is 3. The van der Waals surface area contributed by atoms with Gasteiger partial charge in [-0.1, -0.05) is 41.7 Å². The van der Waals surface area contributed by atoms with Crippen LogP contribution in [0.3, 0.4) is 0 Å². The molecule has 0 atom stereocenters. The van der Waals surface area contributed by atoms with Crippen LogP contribution in [0, 0.1) is 5.82 Å². The summed E-state index contributed by atoms with van der Waals surface area (Å²) in [6.07, 6.45) is 0. The minimum atomic E-state index is -3.81. The SMILES string of the molecule is Cl.O=C(NCCN1CCN(c2nc3ccc(F)cc3s2)CC1)c1ccccc1NS(=O)(=O)c1ccccc1. The molecule has 1 amide bonds. The second-order valence-corrected chi connectivity index (χ2v) is 11.3. The second-order valence-electron chi connectivity index (χ2n) is 8.66. The van der Waals surface area contributed by atoms with Crippen molar-refractivity contribution >= 4 is 60.7 Å². The van der Waals surface area contributed by atoms with Gasteiger partial charge in [0.1, 0.15) is 5.82 Å². The van der Waals surface area contributed by atoms with Crippen molar-refractivity contribution in [1.29, 1.82) is 0 Å². The molecule has 38 heavy (non-hydrogen) atoms. The lowest BCUT2D eigenvalue weighted by Crippen LogP contribution is -2.48. The number of carbonyl (C=O) groups is 1. The van der Waals surface area contributed by atoms with E-state index in [1.165, 1.54) is 35.6 Å². The lowest BCUT2D eigenvalue weighted by Gasteiger charge is -2.34. The highest BCUT2D eigenvalue weighted by Gasteiger charge is 2.21. The number of piperazine rings is 1. The number of thiazole rings is 1. The molecule has 1 saturated heterocycles. The number of hydrogen-bond acceptors (Lipinski definition) is 7. The van der Waals surface area contributed by atoms with Gasteiger partial charge in [0.2, 0.25) is 0 Å². The molecular weight excluding hydrogens is 549 g/mol. The molecule has 0 spiro atoms. The molecule has 2 heterocycles. The van der Waals surface area contributed by atoms with Crippen LogP contribution in [-0.4, -0.2) is 63.5 Å². The smallest absolute Gasteiger partial charge is 0.261 e. The second kappa shape index (κ2) is 12.1. The topological polar surface area (TPSA) is 94.6 Å². The van der Waals surface area contributed by atoms with Crippen LogP contribution >= 0.6 is 23.7 Å². The summed E-state index contributed by atoms with van der Waals surface area (Å²) in [6, 6.07) is 19.2. The van der Waals surface area contributed by atoms with Gasteiger partial charge in [-0.2, -0.15) is 0 Å². The number of hydrogen-bond donors (Lipinski definition) is 2. The average molecular weight is 576 g/mol. The molecule has 1 fully saturated rings. The molecular formula is C26H27ClFN5O3S2. The normalized spacial score (nSPS) is 14.2. The summed E-state index contributed by atoms with van der Waals surface area (Å²) in [7, 11) is -3.81. The Balaban J connectivity index is 0.00000336. The largest absolute Gasteiger partial charge is 0.351 e. The first kappa shape index (κ1) is 27.8. The third-order valence-corrected chi connectivity index (χ3v) is 8.63. The van der Waals surface area contributed by atoms with Crippen LogP contribution in [0.2, 0.25) is 0 Å². The van der Waals surface area contributed by atoms with Crippen LogP contribution < -0.4 is 14.9 Å². The first-order valence-corrected chi connectivity index (χ1v) is 14.2. The number of aromatic nitrogens is 1. The van der Waals surface area contributed by atoms with Crippen molar-refractivity contribution in [3.63, 3.8) is 0 Å². The van der Waals surface area contributed by atoms with E-state index in [4.69, 9.17) is 0 Å². The lowest BCUT2D eigenvalue weighted by atomic mass is 10.1. The van der Waals surface area contributed by atoms with Crippen molar-refractivity contribution in [2.24, 2.45) is 0 Å². The van der Waals surface area contributed by atoms with Crippen molar-refractivity contribution in [2.75, 3.05) is 48.9 Å². The van der Waals surface area contributed by atoms with E-state index in [1.807, 2.05) is 0 Å². The highest BCUT2D eigenvalue weighted by Crippen LogP contribution is 2.30. The highest BCUT2D eigenvalue weighted by atomic mass is 35.5. The van der Waals surface area contributed by atoms with Gasteiger partial charge in [-0.3, -0.25) is 14.4 Å². The van der Waals surface area contributed by atoms with Crippen molar-refractivity contribution in [3.05, 3.63) is 84.2 Å². The van der Waals surface area contributed by atoms with Gasteiger partial charge in [0.05, 0.1) is 26.4 Å². The fraction of sp³-hybridized carbons (Fsp3) is 0.231. The van der Waals surface area contributed by atoms with E-state index in [1.54, 1.807) is 48.5 Å². The Labute approximate surface area is 230 Å². The van der Waals surface area contributed by atoms with Crippen molar-refractivity contribution in [1.82, 2.24) is 15.2 Å². The van der Waals surface area contributed by atoms with Crippen LogP contribution in [0.1, 0.15) is 10.4 Å². The van der Waals surface area contributed by atoms with Crippen molar-refractivity contribution in [3.8, 4) is 0 Å². The molecule has 3 aromatic carbocycles. The van der Waals surface area contributed by atoms with Gasteiger partial charge in [0, 0.05) is 39.3 Å². The Hall–Kier alpha value is -3.25. The maximum Gasteiger partial charge on any atom is 0.261 e. The first-order chi connectivity index (χ1) is 17.9. The van der Waals surface area contributed by atoms with E-state index in [-0.39, 0.29) is 40.3 Å². The van der Waals surface area contributed by atoms with Gasteiger partial charge >= 0.3 is 0 Å². The summed E-state index contributed by atoms with van der Waals surface area (Å²) in [5, 5.41) is 3.80. The van der Waals surface area contributed by atoms with Crippen LogP contribution in [0.5, 0.6) is 0 Å². The molecule has 4 aromatic rings. The molecule has 200 valence electrons. The number of para-hydroxylation sites is 1. The third-order valence-electron chi connectivity index (χ3n) is 6.17. The van der Waals surface area contributed by atoms with E-state index in [0.29, 0.717) is 13.1 Å². The molecule has 0 bridgehead atoms. The molecule has 0 radical (unpaired) electrons. The Bertz CT molecular complexity index is 1510. The summed E-state index contributed by atoms with van der Waals surface area (Å²) >= 11 is 1.49. The Kier molecular flexibility index (Phi) is 8.83. The molecule has 0 aliphatic carbocycles. The molecule has 5 rings (SSSR count). The maximum atomic E-state index is 13.5. The Morgan fingerprint density at radius 3 is 2.45 bits per heavy atom. The Morgan fingerprint density at radius 1 is 0.974 bits per heavy atom. The molecule has 8 nitrogen and oxygen atoms in total. The number of amides is 1. The van der Waals surface area contributed by atoms with Gasteiger partial charge in [-0.05, 0) is 42.5 Å². The zero-order chi connectivity index (χ0) is 25.8.